The molecule has 0 spiro atoms. The maximum Gasteiger partial charge on any atom is 0.223 e. The van der Waals surface area contributed by atoms with E-state index in [9.17, 15) is 4.79 Å². The molecule has 0 unspecified atom stereocenters. The number of benzene rings is 1. The van der Waals surface area contributed by atoms with Crippen molar-refractivity contribution in [3.63, 3.8) is 0 Å². The van der Waals surface area contributed by atoms with Crippen molar-refractivity contribution in [1.29, 1.82) is 0 Å². The predicted molar refractivity (Wildman–Crippen MR) is 92.9 cm³/mol. The third kappa shape index (κ3) is 5.13. The van der Waals surface area contributed by atoms with Gasteiger partial charge in [-0.05, 0) is 24.8 Å². The van der Waals surface area contributed by atoms with Crippen LogP contribution in [0.4, 0.5) is 0 Å². The molecule has 1 aromatic heterocycles. The normalized spacial score (nSPS) is 17.6. The molecule has 134 valence electrons. The molecule has 1 aliphatic rings. The molecule has 0 aliphatic carbocycles. The molecule has 2 aromatic rings. The molecule has 1 atom stereocenters. The minimum absolute atomic E-state index is 0.185. The fourth-order valence-electron chi connectivity index (χ4n) is 3.14. The Labute approximate surface area is 148 Å². The Bertz CT molecular complexity index is 672. The first-order valence-corrected chi connectivity index (χ1v) is 8.92. The first kappa shape index (κ1) is 17.6. The number of rotatable bonds is 7. The van der Waals surface area contributed by atoms with Gasteiger partial charge in [0.15, 0.2) is 5.82 Å². The van der Waals surface area contributed by atoms with Crippen LogP contribution in [0, 0.1) is 6.92 Å². The van der Waals surface area contributed by atoms with Crippen molar-refractivity contribution in [3.8, 4) is 0 Å². The number of hydrogen-bond donors (Lipinski definition) is 0. The lowest BCUT2D eigenvalue weighted by Gasteiger charge is -2.31. The third-order valence-corrected chi connectivity index (χ3v) is 4.47. The van der Waals surface area contributed by atoms with Crippen molar-refractivity contribution in [2.45, 2.75) is 45.1 Å². The monoisotopic (exact) mass is 343 g/mol. The summed E-state index contributed by atoms with van der Waals surface area (Å²) in [7, 11) is 0. The lowest BCUT2D eigenvalue weighted by Crippen LogP contribution is -2.39. The number of carbonyl (C=O) groups is 1. The molecule has 6 nitrogen and oxygen atoms in total. The van der Waals surface area contributed by atoms with E-state index in [2.05, 4.69) is 10.1 Å². The molecule has 1 fully saturated rings. The Morgan fingerprint density at radius 3 is 2.96 bits per heavy atom. The van der Waals surface area contributed by atoms with Crippen LogP contribution >= 0.6 is 0 Å². The molecule has 0 N–H and O–H groups in total. The first-order valence-electron chi connectivity index (χ1n) is 8.92. The van der Waals surface area contributed by atoms with Gasteiger partial charge in [0.1, 0.15) is 0 Å². The van der Waals surface area contributed by atoms with E-state index in [1.54, 1.807) is 6.92 Å². The molecule has 1 aromatic carbocycles. The van der Waals surface area contributed by atoms with Gasteiger partial charge in [-0.3, -0.25) is 4.79 Å². The SMILES string of the molecule is Cc1nc([C@@H]2CCCN(C(=O)CCCOCc3ccccc3)C2)no1. The quantitative estimate of drug-likeness (QED) is 0.723. The number of ether oxygens (including phenoxy) is 1. The zero-order valence-corrected chi connectivity index (χ0v) is 14.7. The average Bonchev–Trinajstić information content (AvgIpc) is 3.09. The van der Waals surface area contributed by atoms with Crippen LogP contribution in [0.15, 0.2) is 34.9 Å². The number of piperidine rings is 1. The van der Waals surface area contributed by atoms with E-state index in [0.29, 0.717) is 32.1 Å². The first-order chi connectivity index (χ1) is 12.2. The summed E-state index contributed by atoms with van der Waals surface area (Å²) in [5, 5.41) is 4.00. The highest BCUT2D eigenvalue weighted by Crippen LogP contribution is 2.25. The summed E-state index contributed by atoms with van der Waals surface area (Å²) in [6.07, 6.45) is 3.25. The number of hydrogen-bond acceptors (Lipinski definition) is 5. The molecular formula is C19H25N3O3. The molecule has 3 rings (SSSR count). The average molecular weight is 343 g/mol. The summed E-state index contributed by atoms with van der Waals surface area (Å²) in [6, 6.07) is 10.1. The molecule has 25 heavy (non-hydrogen) atoms. The van der Waals surface area contributed by atoms with Crippen molar-refractivity contribution in [1.82, 2.24) is 15.0 Å². The van der Waals surface area contributed by atoms with E-state index < -0.39 is 0 Å². The molecule has 1 aliphatic heterocycles. The summed E-state index contributed by atoms with van der Waals surface area (Å²) in [5.41, 5.74) is 1.16. The van der Waals surface area contributed by atoms with Crippen molar-refractivity contribution in [2.24, 2.45) is 0 Å². The fraction of sp³-hybridized carbons (Fsp3) is 0.526. The zero-order chi connectivity index (χ0) is 17.5. The summed E-state index contributed by atoms with van der Waals surface area (Å²) in [5.74, 6) is 1.67. The smallest absolute Gasteiger partial charge is 0.223 e. The number of carbonyl (C=O) groups excluding carboxylic acids is 1. The topological polar surface area (TPSA) is 68.5 Å². The highest BCUT2D eigenvalue weighted by Gasteiger charge is 2.27. The molecular weight excluding hydrogens is 318 g/mol. The van der Waals surface area contributed by atoms with Gasteiger partial charge < -0.3 is 14.2 Å². The molecule has 0 saturated carbocycles. The van der Waals surface area contributed by atoms with E-state index in [1.165, 1.54) is 0 Å². The van der Waals surface area contributed by atoms with Crippen molar-refractivity contribution >= 4 is 5.91 Å². The van der Waals surface area contributed by atoms with Crippen molar-refractivity contribution < 1.29 is 14.1 Å². The Morgan fingerprint density at radius 2 is 2.20 bits per heavy atom. The highest BCUT2D eigenvalue weighted by molar-refractivity contribution is 5.76. The van der Waals surface area contributed by atoms with Crippen LogP contribution in [0.5, 0.6) is 0 Å². The Kier molecular flexibility index (Phi) is 6.17. The second kappa shape index (κ2) is 8.76. The van der Waals surface area contributed by atoms with Gasteiger partial charge in [0.05, 0.1) is 6.61 Å². The zero-order valence-electron chi connectivity index (χ0n) is 14.7. The summed E-state index contributed by atoms with van der Waals surface area (Å²) >= 11 is 0. The summed E-state index contributed by atoms with van der Waals surface area (Å²) < 4.78 is 10.7. The fourth-order valence-corrected chi connectivity index (χ4v) is 3.14. The Hall–Kier alpha value is -2.21. The van der Waals surface area contributed by atoms with Gasteiger partial charge in [-0.2, -0.15) is 4.98 Å². The van der Waals surface area contributed by atoms with Gasteiger partial charge in [-0.25, -0.2) is 0 Å². The predicted octanol–water partition coefficient (Wildman–Crippen LogP) is 3.08. The molecule has 2 heterocycles. The van der Waals surface area contributed by atoms with Crippen LogP contribution in [0.2, 0.25) is 0 Å². The van der Waals surface area contributed by atoms with Gasteiger partial charge in [0, 0.05) is 39.0 Å². The van der Waals surface area contributed by atoms with E-state index in [-0.39, 0.29) is 11.8 Å². The van der Waals surface area contributed by atoms with E-state index >= 15 is 0 Å². The van der Waals surface area contributed by atoms with Gasteiger partial charge in [-0.15, -0.1) is 0 Å². The lowest BCUT2D eigenvalue weighted by atomic mass is 9.97. The van der Waals surface area contributed by atoms with Gasteiger partial charge >= 0.3 is 0 Å². The van der Waals surface area contributed by atoms with Crippen LogP contribution in [0.1, 0.15) is 48.9 Å². The highest BCUT2D eigenvalue weighted by atomic mass is 16.5. The minimum Gasteiger partial charge on any atom is -0.377 e. The van der Waals surface area contributed by atoms with Gasteiger partial charge in [0.25, 0.3) is 0 Å². The van der Waals surface area contributed by atoms with Crippen LogP contribution in [0.3, 0.4) is 0 Å². The van der Waals surface area contributed by atoms with Gasteiger partial charge in [0.2, 0.25) is 11.8 Å². The van der Waals surface area contributed by atoms with Crippen molar-refractivity contribution in [2.75, 3.05) is 19.7 Å². The number of aryl methyl sites for hydroxylation is 1. The van der Waals surface area contributed by atoms with E-state index in [0.717, 1.165) is 37.2 Å². The standard InChI is InChI=1S/C19H25N3O3/c1-15-20-19(21-25-15)17-9-5-11-22(13-17)18(23)10-6-12-24-14-16-7-3-2-4-8-16/h2-4,7-8,17H,5-6,9-14H2,1H3/t17-/m1/s1. The van der Waals surface area contributed by atoms with E-state index in [4.69, 9.17) is 9.26 Å². The largest absolute Gasteiger partial charge is 0.377 e. The van der Waals surface area contributed by atoms with E-state index in [1.807, 2.05) is 35.2 Å². The molecule has 0 radical (unpaired) electrons. The van der Waals surface area contributed by atoms with Crippen LogP contribution < -0.4 is 0 Å². The molecule has 1 amide bonds. The summed E-state index contributed by atoms with van der Waals surface area (Å²) in [6.45, 7) is 4.48. The second-order valence-corrected chi connectivity index (χ2v) is 6.49. The molecule has 6 heteroatoms. The third-order valence-electron chi connectivity index (χ3n) is 4.47. The molecule has 0 bridgehead atoms. The van der Waals surface area contributed by atoms with Crippen molar-refractivity contribution in [3.05, 3.63) is 47.6 Å². The number of aromatic nitrogens is 2. The number of nitrogens with zero attached hydrogens (tertiary/aromatic N) is 3. The lowest BCUT2D eigenvalue weighted by molar-refractivity contribution is -0.132. The number of amides is 1. The Morgan fingerprint density at radius 1 is 1.36 bits per heavy atom. The second-order valence-electron chi connectivity index (χ2n) is 6.49. The van der Waals surface area contributed by atoms with Crippen LogP contribution in [-0.2, 0) is 16.1 Å². The molecule has 1 saturated heterocycles. The minimum atomic E-state index is 0.185. The Balaban J connectivity index is 1.37. The number of likely N-dealkylation sites (tertiary alicyclic amines) is 1. The van der Waals surface area contributed by atoms with Crippen LogP contribution in [0.25, 0.3) is 0 Å². The van der Waals surface area contributed by atoms with Gasteiger partial charge in [-0.1, -0.05) is 35.5 Å². The maximum atomic E-state index is 12.4. The van der Waals surface area contributed by atoms with Crippen LogP contribution in [-0.4, -0.2) is 40.6 Å². The summed E-state index contributed by atoms with van der Waals surface area (Å²) in [4.78, 5) is 18.7. The maximum absolute atomic E-state index is 12.4.